The third-order valence-corrected chi connectivity index (χ3v) is 7.51. The lowest BCUT2D eigenvalue weighted by Crippen LogP contribution is -2.67. The lowest BCUT2D eigenvalue weighted by atomic mass is 9.88. The van der Waals surface area contributed by atoms with Crippen LogP contribution in [-0.2, 0) is 0 Å². The minimum atomic E-state index is -0.900. The molecule has 1 fully saturated rings. The average Bonchev–Trinajstić information content (AvgIpc) is 2.92. The molecule has 2 aliphatic rings. The van der Waals surface area contributed by atoms with Crippen LogP contribution >= 0.6 is 23.8 Å². The molecular weight excluding hydrogens is 528 g/mol. The Morgan fingerprint density at radius 2 is 1.61 bits per heavy atom. The van der Waals surface area contributed by atoms with E-state index in [4.69, 9.17) is 47.5 Å². The van der Waals surface area contributed by atoms with E-state index in [0.717, 1.165) is 11.3 Å². The van der Waals surface area contributed by atoms with E-state index >= 15 is 0 Å². The number of thiocarbonyl (C=S) groups is 1. The number of rotatable bonds is 6. The average molecular weight is 555 g/mol. The summed E-state index contributed by atoms with van der Waals surface area (Å²) in [5.74, 6) is 1.94. The van der Waals surface area contributed by atoms with Gasteiger partial charge in [-0.05, 0) is 61.6 Å². The number of para-hydroxylation sites is 1. The largest absolute Gasteiger partial charge is 0.493 e. The Labute approximate surface area is 231 Å². The van der Waals surface area contributed by atoms with Crippen LogP contribution in [0.1, 0.15) is 35.3 Å². The molecule has 0 saturated carbocycles. The standard InChI is InChI=1S/C28H27ClN2O6S/c1-28-15-20(19-7-6-8-21(33-2)24(19)37-28)30(27(38)31(28)18-11-9-17(29)10-12-18)26(32)16-13-22(34-3)25(36-5)23(14-16)35-4/h6-14,20H,15H2,1-5H3/t20-,28+/m0/s1. The SMILES string of the molecule is COc1cc(C(=O)N2C(=S)N(c3ccc(Cl)cc3)[C@@]3(C)C[C@H]2c2cccc(OC)c2O3)cc(OC)c1OC. The van der Waals surface area contributed by atoms with Gasteiger partial charge in [-0.25, -0.2) is 0 Å². The van der Waals surface area contributed by atoms with Crippen molar-refractivity contribution in [3.8, 4) is 28.7 Å². The predicted molar refractivity (Wildman–Crippen MR) is 148 cm³/mol. The zero-order valence-corrected chi connectivity index (χ0v) is 23.2. The van der Waals surface area contributed by atoms with Gasteiger partial charge in [-0.15, -0.1) is 0 Å². The van der Waals surface area contributed by atoms with Gasteiger partial charge in [0.05, 0.1) is 34.5 Å². The van der Waals surface area contributed by atoms with Gasteiger partial charge in [0.15, 0.2) is 33.8 Å². The van der Waals surface area contributed by atoms with Gasteiger partial charge in [-0.3, -0.25) is 14.6 Å². The van der Waals surface area contributed by atoms with Gasteiger partial charge in [0.2, 0.25) is 5.75 Å². The summed E-state index contributed by atoms with van der Waals surface area (Å²) >= 11 is 12.2. The zero-order chi connectivity index (χ0) is 27.2. The lowest BCUT2D eigenvalue weighted by molar-refractivity contribution is 0.0162. The molecule has 0 unspecified atom stereocenters. The fraction of sp³-hybridized carbons (Fsp3) is 0.286. The summed E-state index contributed by atoms with van der Waals surface area (Å²) in [6.07, 6.45) is 0.450. The van der Waals surface area contributed by atoms with Crippen LogP contribution in [-0.4, -0.2) is 50.1 Å². The molecule has 2 heterocycles. The summed E-state index contributed by atoms with van der Waals surface area (Å²) in [6, 6.07) is 15.7. The summed E-state index contributed by atoms with van der Waals surface area (Å²) in [7, 11) is 6.11. The predicted octanol–water partition coefficient (Wildman–Crippen LogP) is 5.86. The fourth-order valence-electron chi connectivity index (χ4n) is 5.15. The first kappa shape index (κ1) is 25.9. The van der Waals surface area contributed by atoms with E-state index in [1.165, 1.54) is 21.3 Å². The zero-order valence-electron chi connectivity index (χ0n) is 21.6. The number of hydrogen-bond donors (Lipinski definition) is 0. The minimum Gasteiger partial charge on any atom is -0.493 e. The minimum absolute atomic E-state index is 0.290. The highest BCUT2D eigenvalue weighted by molar-refractivity contribution is 7.80. The number of nitrogens with zero attached hydrogens (tertiary/aromatic N) is 2. The van der Waals surface area contributed by atoms with Crippen LogP contribution in [0.25, 0.3) is 0 Å². The maximum atomic E-state index is 14.3. The first-order valence-electron chi connectivity index (χ1n) is 11.9. The summed E-state index contributed by atoms with van der Waals surface area (Å²) in [5.41, 5.74) is 0.975. The van der Waals surface area contributed by atoms with Gasteiger partial charge >= 0.3 is 0 Å². The van der Waals surface area contributed by atoms with E-state index in [9.17, 15) is 4.79 Å². The molecule has 2 atom stereocenters. The van der Waals surface area contributed by atoms with Crippen LogP contribution in [0, 0.1) is 0 Å². The number of carbonyl (C=O) groups is 1. The van der Waals surface area contributed by atoms with E-state index < -0.39 is 11.8 Å². The van der Waals surface area contributed by atoms with Crippen molar-refractivity contribution >= 4 is 40.5 Å². The molecule has 5 rings (SSSR count). The first-order valence-corrected chi connectivity index (χ1v) is 12.6. The maximum Gasteiger partial charge on any atom is 0.260 e. The Morgan fingerprint density at radius 1 is 0.974 bits per heavy atom. The van der Waals surface area contributed by atoms with Gasteiger partial charge in [0, 0.05) is 28.3 Å². The molecule has 0 aliphatic carbocycles. The third kappa shape index (κ3) is 4.06. The summed E-state index contributed by atoms with van der Waals surface area (Å²) in [4.78, 5) is 17.8. The second-order valence-corrected chi connectivity index (χ2v) is 9.86. The molecule has 2 bridgehead atoms. The van der Waals surface area contributed by atoms with Gasteiger partial charge in [0.1, 0.15) is 0 Å². The summed E-state index contributed by atoms with van der Waals surface area (Å²) < 4.78 is 28.7. The number of halogens is 1. The maximum absolute atomic E-state index is 14.3. The molecule has 8 nitrogen and oxygen atoms in total. The molecule has 38 heavy (non-hydrogen) atoms. The second-order valence-electron chi connectivity index (χ2n) is 9.06. The molecular formula is C28H27ClN2O6S. The molecule has 1 amide bonds. The van der Waals surface area contributed by atoms with Crippen LogP contribution in [0.15, 0.2) is 54.6 Å². The molecule has 1 saturated heterocycles. The Hall–Kier alpha value is -3.69. The van der Waals surface area contributed by atoms with Crippen LogP contribution in [0.2, 0.25) is 5.02 Å². The normalized spacial score (nSPS) is 19.8. The number of methoxy groups -OCH3 is 4. The molecule has 3 aromatic rings. The molecule has 0 aromatic heterocycles. The van der Waals surface area contributed by atoms with Gasteiger partial charge < -0.3 is 23.7 Å². The van der Waals surface area contributed by atoms with Crippen molar-refractivity contribution in [2.24, 2.45) is 0 Å². The highest BCUT2D eigenvalue weighted by Crippen LogP contribution is 2.53. The molecule has 2 aliphatic heterocycles. The van der Waals surface area contributed by atoms with E-state index in [1.54, 1.807) is 36.3 Å². The van der Waals surface area contributed by atoms with Crippen molar-refractivity contribution in [1.29, 1.82) is 0 Å². The number of carbonyl (C=O) groups excluding carboxylic acids is 1. The summed E-state index contributed by atoms with van der Waals surface area (Å²) in [5, 5.41) is 0.875. The molecule has 0 N–H and O–H groups in total. The van der Waals surface area contributed by atoms with Gasteiger partial charge in [0.25, 0.3) is 5.91 Å². The van der Waals surface area contributed by atoms with Crippen LogP contribution in [0.4, 0.5) is 5.69 Å². The van der Waals surface area contributed by atoms with Gasteiger partial charge in [-0.2, -0.15) is 0 Å². The van der Waals surface area contributed by atoms with Crippen LogP contribution < -0.4 is 28.6 Å². The third-order valence-electron chi connectivity index (χ3n) is 6.88. The topological polar surface area (TPSA) is 69.7 Å². The van der Waals surface area contributed by atoms with Crippen molar-refractivity contribution in [2.75, 3.05) is 33.3 Å². The molecule has 0 radical (unpaired) electrons. The number of anilines is 1. The number of amides is 1. The quantitative estimate of drug-likeness (QED) is 0.351. The van der Waals surface area contributed by atoms with E-state index in [0.29, 0.717) is 50.9 Å². The van der Waals surface area contributed by atoms with Crippen molar-refractivity contribution in [3.63, 3.8) is 0 Å². The van der Waals surface area contributed by atoms with E-state index in [-0.39, 0.29) is 5.91 Å². The highest BCUT2D eigenvalue weighted by Gasteiger charge is 2.54. The van der Waals surface area contributed by atoms with Crippen molar-refractivity contribution in [2.45, 2.75) is 25.1 Å². The molecule has 198 valence electrons. The summed E-state index contributed by atoms with van der Waals surface area (Å²) in [6.45, 7) is 1.96. The van der Waals surface area contributed by atoms with Crippen molar-refractivity contribution in [3.05, 3.63) is 70.7 Å². The van der Waals surface area contributed by atoms with Crippen molar-refractivity contribution < 1.29 is 28.5 Å². The fourth-order valence-corrected chi connectivity index (χ4v) is 5.79. The van der Waals surface area contributed by atoms with Crippen LogP contribution in [0.5, 0.6) is 28.7 Å². The Morgan fingerprint density at radius 3 is 2.18 bits per heavy atom. The molecule has 0 spiro atoms. The Kier molecular flexibility index (Phi) is 6.75. The monoisotopic (exact) mass is 554 g/mol. The second kappa shape index (κ2) is 9.89. The van der Waals surface area contributed by atoms with E-state index in [2.05, 4.69) is 0 Å². The smallest absolute Gasteiger partial charge is 0.260 e. The first-order chi connectivity index (χ1) is 18.3. The Balaban J connectivity index is 1.70. The number of fused-ring (bicyclic) bond motifs is 4. The Bertz CT molecular complexity index is 1390. The van der Waals surface area contributed by atoms with E-state index in [1.807, 2.05) is 42.2 Å². The highest BCUT2D eigenvalue weighted by atomic mass is 35.5. The molecule has 10 heteroatoms. The van der Waals surface area contributed by atoms with Crippen molar-refractivity contribution in [1.82, 2.24) is 4.90 Å². The number of hydrogen-bond acceptors (Lipinski definition) is 7. The lowest BCUT2D eigenvalue weighted by Gasteiger charge is -2.55. The van der Waals surface area contributed by atoms with Gasteiger partial charge in [-0.1, -0.05) is 23.7 Å². The number of ether oxygens (including phenoxy) is 5. The number of benzene rings is 3. The molecule has 3 aromatic carbocycles. The van der Waals surface area contributed by atoms with Crippen LogP contribution in [0.3, 0.4) is 0 Å².